The normalized spacial score (nSPS) is 13.8. The minimum Gasteiger partial charge on any atom is -0.493 e. The van der Waals surface area contributed by atoms with Crippen molar-refractivity contribution >= 4 is 41.0 Å². The number of piperazine rings is 1. The third-order valence-corrected chi connectivity index (χ3v) is 5.50. The maximum absolute atomic E-state index is 6.25. The fraction of sp³-hybridized carbons (Fsp3) is 0.273. The molecule has 0 radical (unpaired) electrons. The van der Waals surface area contributed by atoms with Crippen LogP contribution < -0.4 is 25.0 Å². The summed E-state index contributed by atoms with van der Waals surface area (Å²) < 4.78 is 10.8. The molecule has 0 amide bonds. The molecular weight excluding hydrogens is 430 g/mol. The number of fused-ring (bicyclic) bond motifs is 2. The summed E-state index contributed by atoms with van der Waals surface area (Å²) in [5, 5.41) is 0.741. The Kier molecular flexibility index (Phi) is 6.00. The molecule has 3 heterocycles. The number of methoxy groups -OCH3 is 2. The number of aromatic nitrogens is 4. The van der Waals surface area contributed by atoms with E-state index in [9.17, 15) is 0 Å². The van der Waals surface area contributed by atoms with Crippen molar-refractivity contribution < 1.29 is 9.47 Å². The summed E-state index contributed by atoms with van der Waals surface area (Å²) in [6, 6.07) is 13.5. The monoisotopic (exact) mass is 453 g/mol. The first-order chi connectivity index (χ1) is 15.2. The highest BCUT2D eigenvalue weighted by Crippen LogP contribution is 2.34. The van der Waals surface area contributed by atoms with Crippen LogP contribution in [0.1, 0.15) is 0 Å². The standard InChI is InChI=1S/C22H23N7O2.ClH/c1-30-18-12-14-17(13-19(18)31-2)26-22(27-20(14)23)29-10-8-28(9-11-29)21-24-15-6-4-3-5-7-16(15)25-21;/h3-7,12-13H,8-11H2,1-2H3,(H2,23,26,27);1H. The van der Waals surface area contributed by atoms with Crippen LogP contribution >= 0.6 is 12.4 Å². The van der Waals surface area contributed by atoms with Gasteiger partial charge in [-0.2, -0.15) is 4.98 Å². The summed E-state index contributed by atoms with van der Waals surface area (Å²) in [5.74, 6) is 3.00. The average molecular weight is 454 g/mol. The Labute approximate surface area is 192 Å². The topological polar surface area (TPSA) is 103 Å². The lowest BCUT2D eigenvalue weighted by Gasteiger charge is -2.34. The number of nitrogen functional groups attached to an aromatic ring is 1. The predicted molar refractivity (Wildman–Crippen MR) is 127 cm³/mol. The largest absolute Gasteiger partial charge is 0.493 e. The van der Waals surface area contributed by atoms with Gasteiger partial charge in [-0.3, -0.25) is 0 Å². The maximum Gasteiger partial charge on any atom is 0.228 e. The van der Waals surface area contributed by atoms with E-state index in [4.69, 9.17) is 20.2 Å². The first-order valence-corrected chi connectivity index (χ1v) is 10.1. The number of imidazole rings is 1. The van der Waals surface area contributed by atoms with E-state index < -0.39 is 0 Å². The van der Waals surface area contributed by atoms with Gasteiger partial charge in [-0.15, -0.1) is 12.4 Å². The number of hydrogen-bond donors (Lipinski definition) is 1. The van der Waals surface area contributed by atoms with Crippen molar-refractivity contribution in [1.82, 2.24) is 19.9 Å². The Morgan fingerprint density at radius 1 is 0.750 bits per heavy atom. The molecule has 5 rings (SSSR count). The van der Waals surface area contributed by atoms with Crippen LogP contribution in [-0.4, -0.2) is 60.3 Å². The van der Waals surface area contributed by atoms with Crippen molar-refractivity contribution in [2.75, 3.05) is 55.9 Å². The van der Waals surface area contributed by atoms with Crippen molar-refractivity contribution in [1.29, 1.82) is 0 Å². The highest BCUT2D eigenvalue weighted by molar-refractivity contribution is 5.91. The van der Waals surface area contributed by atoms with Crippen LogP contribution in [0.4, 0.5) is 17.7 Å². The second-order valence-corrected chi connectivity index (χ2v) is 7.31. The summed E-state index contributed by atoms with van der Waals surface area (Å²) >= 11 is 0. The molecule has 0 unspecified atom stereocenters. The van der Waals surface area contributed by atoms with Crippen LogP contribution in [0.5, 0.6) is 11.5 Å². The van der Waals surface area contributed by atoms with Crippen LogP contribution in [0.3, 0.4) is 0 Å². The molecule has 0 bridgehead atoms. The van der Waals surface area contributed by atoms with E-state index in [1.54, 1.807) is 14.2 Å². The van der Waals surface area contributed by atoms with Gasteiger partial charge in [0.2, 0.25) is 11.9 Å². The summed E-state index contributed by atoms with van der Waals surface area (Å²) in [6.07, 6.45) is 0. The molecule has 1 aromatic heterocycles. The average Bonchev–Trinajstić information content (AvgIpc) is 3.08. The van der Waals surface area contributed by atoms with Crippen LogP contribution in [0, 0.1) is 0 Å². The van der Waals surface area contributed by atoms with Crippen molar-refractivity contribution in [3.05, 3.63) is 42.5 Å². The van der Waals surface area contributed by atoms with Crippen molar-refractivity contribution in [3.8, 4) is 22.9 Å². The Morgan fingerprint density at radius 3 is 1.84 bits per heavy atom. The summed E-state index contributed by atoms with van der Waals surface area (Å²) in [5.41, 5.74) is 8.77. The molecule has 166 valence electrons. The summed E-state index contributed by atoms with van der Waals surface area (Å²) in [7, 11) is 3.19. The maximum atomic E-state index is 6.25. The number of halogens is 1. The second-order valence-electron chi connectivity index (χ2n) is 7.31. The lowest BCUT2D eigenvalue weighted by molar-refractivity contribution is 0.356. The highest BCUT2D eigenvalue weighted by atomic mass is 35.5. The van der Waals surface area contributed by atoms with Gasteiger partial charge < -0.3 is 25.0 Å². The minimum atomic E-state index is 0. The zero-order valence-corrected chi connectivity index (χ0v) is 18.7. The van der Waals surface area contributed by atoms with Crippen LogP contribution in [0.25, 0.3) is 22.3 Å². The Balaban J connectivity index is 0.00000245. The second kappa shape index (κ2) is 8.88. The number of benzene rings is 1. The van der Waals surface area contributed by atoms with Crippen molar-refractivity contribution in [2.45, 2.75) is 0 Å². The summed E-state index contributed by atoms with van der Waals surface area (Å²) in [4.78, 5) is 23.0. The predicted octanol–water partition coefficient (Wildman–Crippen LogP) is 2.87. The molecule has 0 saturated carbocycles. The highest BCUT2D eigenvalue weighted by Gasteiger charge is 2.24. The lowest BCUT2D eigenvalue weighted by Crippen LogP contribution is -2.47. The molecule has 0 spiro atoms. The lowest BCUT2D eigenvalue weighted by atomic mass is 10.2. The zero-order valence-electron chi connectivity index (χ0n) is 17.9. The van der Waals surface area contributed by atoms with E-state index in [1.807, 2.05) is 42.5 Å². The molecule has 10 heteroatoms. The third kappa shape index (κ3) is 3.87. The van der Waals surface area contributed by atoms with Gasteiger partial charge in [0.1, 0.15) is 5.82 Å². The number of ether oxygens (including phenoxy) is 2. The fourth-order valence-corrected chi connectivity index (χ4v) is 3.81. The van der Waals surface area contributed by atoms with E-state index >= 15 is 0 Å². The Bertz CT molecular complexity index is 1180. The number of anilines is 3. The molecule has 1 aromatic carbocycles. The first kappa shape index (κ1) is 21.6. The van der Waals surface area contributed by atoms with Gasteiger partial charge >= 0.3 is 0 Å². The number of nitrogens with zero attached hydrogens (tertiary/aromatic N) is 6. The molecule has 3 aliphatic rings. The molecule has 1 fully saturated rings. The Hall–Kier alpha value is -3.59. The molecule has 1 saturated heterocycles. The van der Waals surface area contributed by atoms with Crippen molar-refractivity contribution in [2.24, 2.45) is 0 Å². The molecular formula is C22H24ClN7O2. The van der Waals surface area contributed by atoms with E-state index in [0.29, 0.717) is 23.3 Å². The van der Waals surface area contributed by atoms with Gasteiger partial charge in [-0.05, 0) is 18.2 Å². The third-order valence-electron chi connectivity index (χ3n) is 5.50. The van der Waals surface area contributed by atoms with Gasteiger partial charge in [0, 0.05) is 37.6 Å². The van der Waals surface area contributed by atoms with Gasteiger partial charge in [-0.25, -0.2) is 15.0 Å². The van der Waals surface area contributed by atoms with Gasteiger partial charge in [-0.1, -0.05) is 18.2 Å². The number of hydrogen-bond acceptors (Lipinski definition) is 9. The minimum absolute atomic E-state index is 0. The Morgan fingerprint density at radius 2 is 1.28 bits per heavy atom. The fourth-order valence-electron chi connectivity index (χ4n) is 3.81. The van der Waals surface area contributed by atoms with Crippen LogP contribution in [0.15, 0.2) is 42.5 Å². The number of nitrogens with two attached hydrogens (primary N) is 1. The van der Waals surface area contributed by atoms with Gasteiger partial charge in [0.25, 0.3) is 0 Å². The molecule has 2 N–H and O–H groups in total. The smallest absolute Gasteiger partial charge is 0.228 e. The quantitative estimate of drug-likeness (QED) is 0.499. The van der Waals surface area contributed by atoms with Crippen LogP contribution in [0.2, 0.25) is 0 Å². The van der Waals surface area contributed by atoms with Gasteiger partial charge in [0.05, 0.1) is 31.1 Å². The first-order valence-electron chi connectivity index (χ1n) is 10.1. The molecule has 32 heavy (non-hydrogen) atoms. The molecule has 0 atom stereocenters. The molecule has 9 nitrogen and oxygen atoms in total. The van der Waals surface area contributed by atoms with E-state index in [0.717, 1.165) is 54.4 Å². The van der Waals surface area contributed by atoms with E-state index in [-0.39, 0.29) is 12.4 Å². The van der Waals surface area contributed by atoms with Crippen molar-refractivity contribution in [3.63, 3.8) is 0 Å². The molecule has 2 aliphatic heterocycles. The molecule has 2 aromatic rings. The zero-order chi connectivity index (χ0) is 21.4. The SMILES string of the molecule is COc1cc2nc(N3CCN(c4nc5cccccc-5n4)CC3)nc(N)c2cc1OC.Cl. The van der Waals surface area contributed by atoms with E-state index in [1.165, 1.54) is 0 Å². The molecule has 1 aliphatic carbocycles. The van der Waals surface area contributed by atoms with Gasteiger partial charge in [0.15, 0.2) is 11.5 Å². The number of rotatable bonds is 4. The van der Waals surface area contributed by atoms with E-state index in [2.05, 4.69) is 24.8 Å². The summed E-state index contributed by atoms with van der Waals surface area (Å²) in [6.45, 7) is 3.04. The van der Waals surface area contributed by atoms with Crippen LogP contribution in [-0.2, 0) is 0 Å².